The minimum atomic E-state index is -0.0547. The first-order valence-electron chi connectivity index (χ1n) is 13.9. The van der Waals surface area contributed by atoms with Crippen LogP contribution >= 0.6 is 0 Å². The van der Waals surface area contributed by atoms with Gasteiger partial charge in [0.25, 0.3) is 0 Å². The maximum absolute atomic E-state index is 12.5. The number of carbonyl (C=O) groups excluding carboxylic acids is 1. The van der Waals surface area contributed by atoms with Crippen LogP contribution < -0.4 is 16.0 Å². The highest BCUT2D eigenvalue weighted by atomic mass is 16.5. The molecule has 2 fully saturated rings. The monoisotopic (exact) mass is 551 g/mol. The number of pyridine rings is 1. The first-order valence-corrected chi connectivity index (χ1v) is 13.9. The molecule has 4 aromatic rings. The minimum Gasteiger partial charge on any atom is -0.459 e. The maximum Gasteiger partial charge on any atom is 0.310 e. The summed E-state index contributed by atoms with van der Waals surface area (Å²) in [5.74, 6) is 2.12. The molecule has 3 aromatic heterocycles. The highest BCUT2D eigenvalue weighted by molar-refractivity contribution is 5.73. The number of esters is 1. The number of aryl methyl sites for hydroxylation is 1. The van der Waals surface area contributed by atoms with E-state index in [0.717, 1.165) is 56.9 Å². The van der Waals surface area contributed by atoms with Crippen molar-refractivity contribution in [2.75, 3.05) is 36.8 Å². The van der Waals surface area contributed by atoms with E-state index in [1.165, 1.54) is 5.56 Å². The van der Waals surface area contributed by atoms with Gasteiger partial charge in [0.05, 0.1) is 5.92 Å². The largest absolute Gasteiger partial charge is 0.459 e. The molecule has 0 saturated carbocycles. The second kappa shape index (κ2) is 12.4. The summed E-state index contributed by atoms with van der Waals surface area (Å²) in [6, 6.07) is 17.5. The number of ether oxygens (including phenoxy) is 1. The van der Waals surface area contributed by atoms with Crippen LogP contribution in [0.2, 0.25) is 0 Å². The van der Waals surface area contributed by atoms with Crippen LogP contribution in [-0.4, -0.2) is 68.1 Å². The molecular formula is C30H33N9O2. The molecule has 0 aliphatic carbocycles. The summed E-state index contributed by atoms with van der Waals surface area (Å²) in [6.45, 7) is 5.99. The van der Waals surface area contributed by atoms with Gasteiger partial charge in [0.15, 0.2) is 5.82 Å². The third-order valence-electron chi connectivity index (χ3n) is 7.17. The Balaban J connectivity index is 1.04. The second-order valence-electron chi connectivity index (χ2n) is 10.4. The van der Waals surface area contributed by atoms with Gasteiger partial charge in [-0.15, -0.1) is 0 Å². The summed E-state index contributed by atoms with van der Waals surface area (Å²) in [5, 5.41) is 9.64. The average molecular weight is 552 g/mol. The Hall–Kier alpha value is -4.48. The molecular weight excluding hydrogens is 518 g/mol. The summed E-state index contributed by atoms with van der Waals surface area (Å²) in [6.07, 6.45) is 5.33. The van der Waals surface area contributed by atoms with Crippen LogP contribution in [0.15, 0.2) is 67.0 Å². The fourth-order valence-corrected chi connectivity index (χ4v) is 4.92. The van der Waals surface area contributed by atoms with E-state index in [1.54, 1.807) is 24.5 Å². The molecule has 11 nitrogen and oxygen atoms in total. The molecule has 2 saturated heterocycles. The number of piperidine rings is 1. The molecule has 1 atom stereocenters. The first kappa shape index (κ1) is 26.7. The SMILES string of the molecule is Cc1cccc(-c2nccc(Nc3ccnc(Nc4ccc(CN5CCCC(C(=O)OC6CNC6)C5)cc4)n3)n2)n1. The Labute approximate surface area is 238 Å². The van der Waals surface area contributed by atoms with Crippen molar-refractivity contribution in [3.05, 3.63) is 78.2 Å². The predicted molar refractivity (Wildman–Crippen MR) is 156 cm³/mol. The molecule has 41 heavy (non-hydrogen) atoms. The van der Waals surface area contributed by atoms with Gasteiger partial charge in [0.1, 0.15) is 23.4 Å². The molecule has 1 unspecified atom stereocenters. The Bertz CT molecular complexity index is 1490. The lowest BCUT2D eigenvalue weighted by Crippen LogP contribution is -2.51. The molecule has 3 N–H and O–H groups in total. The molecule has 0 bridgehead atoms. The van der Waals surface area contributed by atoms with Crippen LogP contribution in [0.3, 0.4) is 0 Å². The lowest BCUT2D eigenvalue weighted by atomic mass is 9.97. The van der Waals surface area contributed by atoms with Crippen molar-refractivity contribution in [1.82, 2.24) is 35.1 Å². The highest BCUT2D eigenvalue weighted by Gasteiger charge is 2.30. The fraction of sp³-hybridized carbons (Fsp3) is 0.333. The minimum absolute atomic E-state index is 0.0418. The lowest BCUT2D eigenvalue weighted by molar-refractivity contribution is -0.158. The second-order valence-corrected chi connectivity index (χ2v) is 10.4. The number of hydrogen-bond acceptors (Lipinski definition) is 11. The van der Waals surface area contributed by atoms with E-state index in [9.17, 15) is 4.79 Å². The zero-order chi connectivity index (χ0) is 28.0. The number of aromatic nitrogens is 5. The molecule has 0 radical (unpaired) electrons. The molecule has 2 aliphatic heterocycles. The van der Waals surface area contributed by atoms with E-state index in [2.05, 4.69) is 57.9 Å². The van der Waals surface area contributed by atoms with Crippen LogP contribution in [0.5, 0.6) is 0 Å². The summed E-state index contributed by atoms with van der Waals surface area (Å²) in [4.78, 5) is 37.2. The quantitative estimate of drug-likeness (QED) is 0.262. The smallest absolute Gasteiger partial charge is 0.310 e. The first-order chi connectivity index (χ1) is 20.1. The Morgan fingerprint density at radius 1 is 0.976 bits per heavy atom. The van der Waals surface area contributed by atoms with E-state index in [4.69, 9.17) is 4.74 Å². The number of rotatable bonds is 9. The molecule has 0 amide bonds. The number of hydrogen-bond donors (Lipinski definition) is 3. The van der Waals surface area contributed by atoms with Gasteiger partial charge in [0.2, 0.25) is 5.95 Å². The van der Waals surface area contributed by atoms with Crippen molar-refractivity contribution < 1.29 is 9.53 Å². The number of nitrogens with zero attached hydrogens (tertiary/aromatic N) is 6. The van der Waals surface area contributed by atoms with E-state index < -0.39 is 0 Å². The number of nitrogens with one attached hydrogen (secondary N) is 3. The van der Waals surface area contributed by atoms with Crippen molar-refractivity contribution in [1.29, 1.82) is 0 Å². The van der Waals surface area contributed by atoms with Crippen molar-refractivity contribution >= 4 is 29.2 Å². The standard InChI is InChI=1S/C30H33N9O2/c1-20-4-2-6-25(34-20)28-32-13-11-26(37-28)36-27-12-14-33-30(38-27)35-23-9-7-21(8-10-23)18-39-15-3-5-22(19-39)29(40)41-24-16-31-17-24/h2,4,6-14,22,24,31H,3,5,15-19H2,1H3,(H2,32,33,35,36,37,38). The third kappa shape index (κ3) is 7.00. The van der Waals surface area contributed by atoms with Crippen molar-refractivity contribution in [3.8, 4) is 11.5 Å². The van der Waals surface area contributed by atoms with Gasteiger partial charge in [-0.25, -0.2) is 19.9 Å². The predicted octanol–water partition coefficient (Wildman–Crippen LogP) is 3.85. The molecule has 5 heterocycles. The normalized spacial score (nSPS) is 17.4. The number of likely N-dealkylation sites (tertiary alicyclic amines) is 1. The Morgan fingerprint density at radius 3 is 2.56 bits per heavy atom. The fourth-order valence-electron chi connectivity index (χ4n) is 4.92. The zero-order valence-electron chi connectivity index (χ0n) is 23.0. The van der Waals surface area contributed by atoms with Gasteiger partial charge in [-0.2, -0.15) is 4.98 Å². The lowest BCUT2D eigenvalue weighted by Gasteiger charge is -2.34. The van der Waals surface area contributed by atoms with Crippen LogP contribution in [0, 0.1) is 12.8 Å². The molecule has 0 spiro atoms. The van der Waals surface area contributed by atoms with E-state index in [-0.39, 0.29) is 18.0 Å². The van der Waals surface area contributed by atoms with Gasteiger partial charge in [-0.05, 0) is 68.3 Å². The summed E-state index contributed by atoms with van der Waals surface area (Å²) in [7, 11) is 0. The summed E-state index contributed by atoms with van der Waals surface area (Å²) >= 11 is 0. The van der Waals surface area contributed by atoms with Gasteiger partial charge in [-0.1, -0.05) is 18.2 Å². The van der Waals surface area contributed by atoms with Crippen molar-refractivity contribution in [2.45, 2.75) is 32.4 Å². The Kier molecular flexibility index (Phi) is 8.06. The van der Waals surface area contributed by atoms with E-state index >= 15 is 0 Å². The van der Waals surface area contributed by atoms with E-state index in [1.807, 2.05) is 37.3 Å². The maximum atomic E-state index is 12.5. The van der Waals surface area contributed by atoms with Crippen LogP contribution in [0.4, 0.5) is 23.3 Å². The van der Waals surface area contributed by atoms with Crippen LogP contribution in [-0.2, 0) is 16.1 Å². The molecule has 11 heteroatoms. The van der Waals surface area contributed by atoms with E-state index in [0.29, 0.717) is 29.1 Å². The molecule has 6 rings (SSSR count). The van der Waals surface area contributed by atoms with Crippen molar-refractivity contribution in [2.24, 2.45) is 5.92 Å². The molecule has 1 aromatic carbocycles. The van der Waals surface area contributed by atoms with Gasteiger partial charge in [0, 0.05) is 50.0 Å². The topological polar surface area (TPSA) is 130 Å². The van der Waals surface area contributed by atoms with Gasteiger partial charge in [-0.3, -0.25) is 9.69 Å². The van der Waals surface area contributed by atoms with Gasteiger partial charge < -0.3 is 20.7 Å². The molecule has 210 valence electrons. The molecule has 2 aliphatic rings. The average Bonchev–Trinajstić information content (AvgIpc) is 2.96. The summed E-state index contributed by atoms with van der Waals surface area (Å²) < 4.78 is 5.60. The number of anilines is 4. The third-order valence-corrected chi connectivity index (χ3v) is 7.17. The number of benzene rings is 1. The summed E-state index contributed by atoms with van der Waals surface area (Å²) in [5.41, 5.74) is 3.69. The van der Waals surface area contributed by atoms with Crippen LogP contribution in [0.1, 0.15) is 24.1 Å². The Morgan fingerprint density at radius 2 is 1.78 bits per heavy atom. The number of carbonyl (C=O) groups is 1. The van der Waals surface area contributed by atoms with Crippen LogP contribution in [0.25, 0.3) is 11.5 Å². The van der Waals surface area contributed by atoms with Gasteiger partial charge >= 0.3 is 5.97 Å². The zero-order valence-corrected chi connectivity index (χ0v) is 23.0. The van der Waals surface area contributed by atoms with Crippen molar-refractivity contribution in [3.63, 3.8) is 0 Å². The highest BCUT2D eigenvalue weighted by Crippen LogP contribution is 2.23.